The number of aliphatic carboxylic acids is 1. The highest BCUT2D eigenvalue weighted by molar-refractivity contribution is 5.88. The summed E-state index contributed by atoms with van der Waals surface area (Å²) in [6, 6.07) is 12.7. The minimum Gasteiger partial charge on any atom is -0.508 e. The van der Waals surface area contributed by atoms with Crippen LogP contribution >= 0.6 is 0 Å². The fourth-order valence-corrected chi connectivity index (χ4v) is 3.47. The molecular weight excluding hydrogens is 436 g/mol. The summed E-state index contributed by atoms with van der Waals surface area (Å²) in [6.07, 6.45) is 1.00. The fourth-order valence-electron chi connectivity index (χ4n) is 3.47. The van der Waals surface area contributed by atoms with Gasteiger partial charge in [0.25, 0.3) is 0 Å². The van der Waals surface area contributed by atoms with Gasteiger partial charge in [-0.25, -0.2) is 9.59 Å². The van der Waals surface area contributed by atoms with E-state index in [1.54, 1.807) is 12.1 Å². The smallest absolute Gasteiger partial charge is 0.326 e. The number of urea groups is 1. The van der Waals surface area contributed by atoms with E-state index in [1.807, 2.05) is 44.2 Å². The average Bonchev–Trinajstić information content (AvgIpc) is 2.78. The van der Waals surface area contributed by atoms with Crippen LogP contribution in [0.25, 0.3) is 0 Å². The summed E-state index contributed by atoms with van der Waals surface area (Å²) in [5.74, 6) is -1.41. The molecule has 9 nitrogen and oxygen atoms in total. The van der Waals surface area contributed by atoms with Gasteiger partial charge in [0.05, 0.1) is 0 Å². The molecule has 2 rings (SSSR count). The van der Waals surface area contributed by atoms with Crippen LogP contribution in [0.15, 0.2) is 54.6 Å². The molecule has 0 saturated carbocycles. The zero-order valence-corrected chi connectivity index (χ0v) is 19.5. The topological polar surface area (TPSA) is 154 Å². The Kier molecular flexibility index (Phi) is 10.3. The quantitative estimate of drug-likeness (QED) is 0.278. The lowest BCUT2D eigenvalue weighted by Crippen LogP contribution is -2.55. The summed E-state index contributed by atoms with van der Waals surface area (Å²) in [6.45, 7) is 4.09. The van der Waals surface area contributed by atoms with Crippen LogP contribution in [-0.2, 0) is 22.4 Å². The molecule has 2 aromatic carbocycles. The third-order valence-electron chi connectivity index (χ3n) is 5.19. The molecule has 0 aromatic heterocycles. The Bertz CT molecular complexity index is 934. The van der Waals surface area contributed by atoms with Gasteiger partial charge in [-0.2, -0.15) is 0 Å². The van der Waals surface area contributed by atoms with Crippen LogP contribution in [0.1, 0.15) is 31.4 Å². The molecule has 9 heteroatoms. The number of carbonyl (C=O) groups excluding carboxylic acids is 2. The molecule has 0 unspecified atom stereocenters. The molecule has 0 fully saturated rings. The third-order valence-corrected chi connectivity index (χ3v) is 5.19. The predicted molar refractivity (Wildman–Crippen MR) is 129 cm³/mol. The Morgan fingerprint density at radius 3 is 2.06 bits per heavy atom. The molecule has 0 bridgehead atoms. The third kappa shape index (κ3) is 9.50. The Hall–Kier alpha value is -3.59. The number of phenols is 1. The van der Waals surface area contributed by atoms with Gasteiger partial charge in [0.1, 0.15) is 17.8 Å². The molecule has 3 amide bonds. The van der Waals surface area contributed by atoms with Crippen molar-refractivity contribution in [1.82, 2.24) is 16.0 Å². The molecule has 0 spiro atoms. The zero-order valence-electron chi connectivity index (χ0n) is 19.5. The first-order valence-corrected chi connectivity index (χ1v) is 11.3. The number of hydrogen-bond acceptors (Lipinski definition) is 5. The van der Waals surface area contributed by atoms with Crippen LogP contribution in [0.4, 0.5) is 4.79 Å². The van der Waals surface area contributed by atoms with Crippen LogP contribution in [-0.4, -0.2) is 52.8 Å². The molecule has 184 valence electrons. The van der Waals surface area contributed by atoms with E-state index in [9.17, 15) is 24.6 Å². The lowest BCUT2D eigenvalue weighted by Gasteiger charge is -2.23. The fraction of sp³-hybridized carbons (Fsp3) is 0.400. The summed E-state index contributed by atoms with van der Waals surface area (Å²) in [5.41, 5.74) is 7.84. The Balaban J connectivity index is 1.93. The maximum atomic E-state index is 12.8. The first kappa shape index (κ1) is 26.7. The van der Waals surface area contributed by atoms with Gasteiger partial charge in [-0.15, -0.1) is 0 Å². The van der Waals surface area contributed by atoms with Crippen LogP contribution in [0.5, 0.6) is 5.75 Å². The Morgan fingerprint density at radius 2 is 1.47 bits per heavy atom. The van der Waals surface area contributed by atoms with E-state index in [-0.39, 0.29) is 36.6 Å². The average molecular weight is 471 g/mol. The van der Waals surface area contributed by atoms with E-state index >= 15 is 0 Å². The summed E-state index contributed by atoms with van der Waals surface area (Å²) in [5, 5.41) is 26.7. The number of carbonyl (C=O) groups is 3. The highest BCUT2D eigenvalue weighted by Crippen LogP contribution is 2.12. The van der Waals surface area contributed by atoms with Gasteiger partial charge in [-0.3, -0.25) is 4.79 Å². The van der Waals surface area contributed by atoms with Crippen molar-refractivity contribution in [1.29, 1.82) is 0 Å². The van der Waals surface area contributed by atoms with Gasteiger partial charge in [0.15, 0.2) is 0 Å². The number of rotatable bonds is 12. The highest BCUT2D eigenvalue weighted by atomic mass is 16.4. The number of carboxylic acids is 1. The first-order valence-electron chi connectivity index (χ1n) is 11.3. The number of carboxylic acid groups (broad SMARTS) is 1. The Labute approximate surface area is 199 Å². The molecule has 34 heavy (non-hydrogen) atoms. The van der Waals surface area contributed by atoms with E-state index in [0.717, 1.165) is 5.56 Å². The number of hydrogen-bond donors (Lipinski definition) is 6. The lowest BCUT2D eigenvalue weighted by molar-refractivity contribution is -0.139. The van der Waals surface area contributed by atoms with Gasteiger partial charge in [0.2, 0.25) is 5.91 Å². The second kappa shape index (κ2) is 13.2. The van der Waals surface area contributed by atoms with Gasteiger partial charge in [-0.1, -0.05) is 56.3 Å². The van der Waals surface area contributed by atoms with Crippen LogP contribution in [0.2, 0.25) is 0 Å². The molecule has 0 aliphatic rings. The minimum atomic E-state index is -1.21. The SMILES string of the molecule is CC(C)C[C@H](NC(=O)N[C@@H](Cc1ccc(O)cc1)C(=O)O)C(=O)NC[C@H](N)Cc1ccccc1. The van der Waals surface area contributed by atoms with Crippen LogP contribution < -0.4 is 21.7 Å². The Morgan fingerprint density at radius 1 is 0.882 bits per heavy atom. The summed E-state index contributed by atoms with van der Waals surface area (Å²) < 4.78 is 0. The van der Waals surface area contributed by atoms with Crippen molar-refractivity contribution in [3.8, 4) is 5.75 Å². The van der Waals surface area contributed by atoms with Crippen molar-refractivity contribution >= 4 is 17.9 Å². The molecule has 0 radical (unpaired) electrons. The number of amides is 3. The van der Waals surface area contributed by atoms with Crippen LogP contribution in [0, 0.1) is 5.92 Å². The summed E-state index contributed by atoms with van der Waals surface area (Å²) >= 11 is 0. The van der Waals surface area contributed by atoms with Crippen molar-refractivity contribution in [2.45, 2.75) is 51.2 Å². The second-order valence-electron chi connectivity index (χ2n) is 8.76. The van der Waals surface area contributed by atoms with Crippen molar-refractivity contribution < 1.29 is 24.6 Å². The standard InChI is InChI=1S/C25H34N4O5/c1-16(2)12-21(23(31)27-15-19(26)13-17-6-4-3-5-7-17)28-25(34)29-22(24(32)33)14-18-8-10-20(30)11-9-18/h3-11,16,19,21-22,30H,12-15,26H2,1-2H3,(H,27,31)(H,32,33)(H2,28,29,34)/t19-,21+,22+/m1/s1. The van der Waals surface area contributed by atoms with E-state index in [4.69, 9.17) is 5.73 Å². The van der Waals surface area contributed by atoms with E-state index in [1.165, 1.54) is 12.1 Å². The molecule has 0 saturated heterocycles. The number of benzene rings is 2. The van der Waals surface area contributed by atoms with Crippen molar-refractivity contribution in [3.63, 3.8) is 0 Å². The molecule has 3 atom stereocenters. The number of nitrogens with two attached hydrogens (primary N) is 1. The van der Waals surface area contributed by atoms with Gasteiger partial charge in [-0.05, 0) is 42.0 Å². The van der Waals surface area contributed by atoms with E-state index in [0.29, 0.717) is 18.4 Å². The summed E-state index contributed by atoms with van der Waals surface area (Å²) in [7, 11) is 0. The molecule has 7 N–H and O–H groups in total. The van der Waals surface area contributed by atoms with Crippen molar-refractivity contribution in [3.05, 3.63) is 65.7 Å². The summed E-state index contributed by atoms with van der Waals surface area (Å²) in [4.78, 5) is 37.0. The largest absolute Gasteiger partial charge is 0.508 e. The maximum Gasteiger partial charge on any atom is 0.326 e. The second-order valence-corrected chi connectivity index (χ2v) is 8.76. The highest BCUT2D eigenvalue weighted by Gasteiger charge is 2.26. The van der Waals surface area contributed by atoms with Crippen molar-refractivity contribution in [2.75, 3.05) is 6.54 Å². The normalized spacial score (nSPS) is 13.5. The molecule has 0 aliphatic carbocycles. The molecular formula is C25H34N4O5. The zero-order chi connectivity index (χ0) is 25.1. The van der Waals surface area contributed by atoms with Gasteiger partial charge < -0.3 is 31.9 Å². The van der Waals surface area contributed by atoms with E-state index < -0.39 is 24.1 Å². The van der Waals surface area contributed by atoms with E-state index in [2.05, 4.69) is 16.0 Å². The number of phenolic OH excluding ortho intramolecular Hbond substituents is 1. The van der Waals surface area contributed by atoms with Gasteiger partial charge >= 0.3 is 12.0 Å². The first-order chi connectivity index (χ1) is 16.1. The van der Waals surface area contributed by atoms with Crippen molar-refractivity contribution in [2.24, 2.45) is 11.7 Å². The van der Waals surface area contributed by atoms with Crippen LogP contribution in [0.3, 0.4) is 0 Å². The molecule has 0 heterocycles. The predicted octanol–water partition coefficient (Wildman–Crippen LogP) is 1.79. The molecule has 0 aliphatic heterocycles. The monoisotopic (exact) mass is 470 g/mol. The lowest BCUT2D eigenvalue weighted by atomic mass is 10.0. The minimum absolute atomic E-state index is 0.0262. The van der Waals surface area contributed by atoms with Gasteiger partial charge in [0, 0.05) is 19.0 Å². The molecule has 2 aromatic rings. The number of nitrogens with one attached hydrogen (secondary N) is 3. The maximum absolute atomic E-state index is 12.8. The number of aromatic hydroxyl groups is 1.